The van der Waals surface area contributed by atoms with Crippen molar-refractivity contribution in [3.05, 3.63) is 29.3 Å². The first-order valence-electron chi connectivity index (χ1n) is 6.12. The zero-order valence-electron chi connectivity index (χ0n) is 10.6. The first-order valence-corrected chi connectivity index (χ1v) is 6.50. The molecule has 1 atom stereocenters. The van der Waals surface area contributed by atoms with Gasteiger partial charge in [-0.3, -0.25) is 19.3 Å². The van der Waals surface area contributed by atoms with E-state index < -0.39 is 17.9 Å². The molecule has 6 nitrogen and oxygen atoms in total. The van der Waals surface area contributed by atoms with Gasteiger partial charge >= 0.3 is 0 Å². The molecular formula is C13H14ClN3O3. The largest absolute Gasteiger partial charge is 0.324 e. The van der Waals surface area contributed by atoms with E-state index in [4.69, 9.17) is 17.3 Å². The van der Waals surface area contributed by atoms with Crippen LogP contribution in [0.3, 0.4) is 0 Å². The molecule has 7 heteroatoms. The third kappa shape index (κ3) is 3.34. The fourth-order valence-corrected chi connectivity index (χ4v) is 2.13. The van der Waals surface area contributed by atoms with E-state index in [0.717, 1.165) is 4.90 Å². The van der Waals surface area contributed by atoms with Crippen LogP contribution in [-0.2, 0) is 14.4 Å². The van der Waals surface area contributed by atoms with Gasteiger partial charge in [-0.2, -0.15) is 0 Å². The van der Waals surface area contributed by atoms with Gasteiger partial charge in [-0.1, -0.05) is 17.7 Å². The Balaban J connectivity index is 2.00. The second-order valence-electron chi connectivity index (χ2n) is 4.52. The molecule has 0 saturated carbocycles. The van der Waals surface area contributed by atoms with Crippen molar-refractivity contribution >= 4 is 35.0 Å². The first kappa shape index (κ1) is 14.5. The quantitative estimate of drug-likeness (QED) is 0.805. The molecule has 1 aromatic carbocycles. The lowest BCUT2D eigenvalue weighted by Gasteiger charge is -2.28. The molecule has 3 amide bonds. The van der Waals surface area contributed by atoms with Gasteiger partial charge in [0.25, 0.3) is 0 Å². The summed E-state index contributed by atoms with van der Waals surface area (Å²) in [6.07, 6.45) is 0.501. The highest BCUT2D eigenvalue weighted by molar-refractivity contribution is 6.30. The highest BCUT2D eigenvalue weighted by atomic mass is 35.5. The number of amides is 3. The highest BCUT2D eigenvalue weighted by Gasteiger charge is 2.33. The number of likely N-dealkylation sites (tertiary alicyclic amines) is 1. The Morgan fingerprint density at radius 3 is 2.90 bits per heavy atom. The molecule has 0 aliphatic carbocycles. The minimum absolute atomic E-state index is 0.178. The van der Waals surface area contributed by atoms with Gasteiger partial charge in [0.05, 0.1) is 6.04 Å². The van der Waals surface area contributed by atoms with E-state index in [9.17, 15) is 14.4 Å². The summed E-state index contributed by atoms with van der Waals surface area (Å²) in [7, 11) is 0. The Hall–Kier alpha value is -1.92. The summed E-state index contributed by atoms with van der Waals surface area (Å²) in [6, 6.07) is 5.88. The van der Waals surface area contributed by atoms with Crippen molar-refractivity contribution < 1.29 is 14.4 Å². The smallest absolute Gasteiger partial charge is 0.246 e. The van der Waals surface area contributed by atoms with Gasteiger partial charge in [0, 0.05) is 17.1 Å². The van der Waals surface area contributed by atoms with Crippen molar-refractivity contribution in [3.63, 3.8) is 0 Å². The summed E-state index contributed by atoms with van der Waals surface area (Å²) in [5, 5.41) is 3.06. The Kier molecular flexibility index (Phi) is 4.36. The van der Waals surface area contributed by atoms with Gasteiger partial charge in [-0.25, -0.2) is 0 Å². The fraction of sp³-hybridized carbons (Fsp3) is 0.308. The van der Waals surface area contributed by atoms with Crippen LogP contribution in [0.2, 0.25) is 5.02 Å². The predicted molar refractivity (Wildman–Crippen MR) is 74.0 cm³/mol. The maximum Gasteiger partial charge on any atom is 0.246 e. The molecule has 20 heavy (non-hydrogen) atoms. The van der Waals surface area contributed by atoms with Gasteiger partial charge in [0.1, 0.15) is 6.54 Å². The average molecular weight is 296 g/mol. The number of nitrogens with zero attached hydrogens (tertiary/aromatic N) is 1. The van der Waals surface area contributed by atoms with Gasteiger partial charge in [-0.05, 0) is 24.6 Å². The van der Waals surface area contributed by atoms with Crippen LogP contribution in [0.15, 0.2) is 24.3 Å². The number of benzene rings is 1. The van der Waals surface area contributed by atoms with Crippen LogP contribution in [0.25, 0.3) is 0 Å². The number of carbonyl (C=O) groups excluding carboxylic acids is 3. The summed E-state index contributed by atoms with van der Waals surface area (Å²) in [4.78, 5) is 36.1. The zero-order chi connectivity index (χ0) is 14.7. The minimum Gasteiger partial charge on any atom is -0.324 e. The number of nitrogens with one attached hydrogen (secondary N) is 1. The molecule has 0 aromatic heterocycles. The van der Waals surface area contributed by atoms with E-state index in [0.29, 0.717) is 17.1 Å². The summed E-state index contributed by atoms with van der Waals surface area (Å²) in [5.74, 6) is -1.36. The molecule has 1 saturated heterocycles. The van der Waals surface area contributed by atoms with Crippen LogP contribution in [-0.4, -0.2) is 35.2 Å². The molecule has 1 heterocycles. The maximum absolute atomic E-state index is 11.8. The van der Waals surface area contributed by atoms with E-state index in [1.165, 1.54) is 0 Å². The van der Waals surface area contributed by atoms with Gasteiger partial charge in [-0.15, -0.1) is 0 Å². The van der Waals surface area contributed by atoms with E-state index in [2.05, 4.69) is 5.32 Å². The normalized spacial score (nSPS) is 19.1. The number of hydrogen-bond donors (Lipinski definition) is 2. The van der Waals surface area contributed by atoms with Crippen molar-refractivity contribution in [3.8, 4) is 0 Å². The topological polar surface area (TPSA) is 92.5 Å². The number of nitrogens with two attached hydrogens (primary N) is 1. The van der Waals surface area contributed by atoms with Crippen LogP contribution in [0, 0.1) is 0 Å². The molecule has 106 valence electrons. The lowest BCUT2D eigenvalue weighted by molar-refractivity contribution is -0.151. The predicted octanol–water partition coefficient (Wildman–Crippen LogP) is 0.755. The third-order valence-corrected chi connectivity index (χ3v) is 3.20. The molecule has 1 aliphatic heterocycles. The second-order valence-corrected chi connectivity index (χ2v) is 4.96. The Labute approximate surface area is 120 Å². The number of imide groups is 1. The van der Waals surface area contributed by atoms with Crippen molar-refractivity contribution in [2.45, 2.75) is 18.9 Å². The lowest BCUT2D eigenvalue weighted by Crippen LogP contribution is -2.53. The number of hydrogen-bond acceptors (Lipinski definition) is 4. The van der Waals surface area contributed by atoms with Crippen LogP contribution in [0.5, 0.6) is 0 Å². The molecular weight excluding hydrogens is 282 g/mol. The number of halogens is 1. The van der Waals surface area contributed by atoms with Crippen LogP contribution < -0.4 is 11.1 Å². The molecule has 1 aliphatic rings. The standard InChI is InChI=1S/C13H14ClN3O3/c14-8-2-1-3-9(6-8)16-11(18)7-17-12(19)5-4-10(15)13(17)20/h1-3,6,10H,4-5,7,15H2,(H,16,18). The van der Waals surface area contributed by atoms with Crippen molar-refractivity contribution in [1.82, 2.24) is 4.90 Å². The molecule has 2 rings (SSSR count). The Morgan fingerprint density at radius 2 is 2.20 bits per heavy atom. The van der Waals surface area contributed by atoms with E-state index in [1.807, 2.05) is 0 Å². The third-order valence-electron chi connectivity index (χ3n) is 2.96. The molecule has 3 N–H and O–H groups in total. The summed E-state index contributed by atoms with van der Waals surface area (Å²) in [6.45, 7) is -0.335. The van der Waals surface area contributed by atoms with E-state index in [1.54, 1.807) is 24.3 Å². The first-order chi connectivity index (χ1) is 9.47. The monoisotopic (exact) mass is 295 g/mol. The van der Waals surface area contributed by atoms with Crippen molar-refractivity contribution in [1.29, 1.82) is 0 Å². The summed E-state index contributed by atoms with van der Waals surface area (Å²) in [5.41, 5.74) is 6.09. The molecule has 1 fully saturated rings. The van der Waals surface area contributed by atoms with E-state index in [-0.39, 0.29) is 18.9 Å². The van der Waals surface area contributed by atoms with Crippen LogP contribution in [0.4, 0.5) is 5.69 Å². The van der Waals surface area contributed by atoms with Gasteiger partial charge in [0.15, 0.2) is 0 Å². The fourth-order valence-electron chi connectivity index (χ4n) is 1.94. The molecule has 1 unspecified atom stereocenters. The minimum atomic E-state index is -0.716. The van der Waals surface area contributed by atoms with Crippen molar-refractivity contribution in [2.24, 2.45) is 5.73 Å². The van der Waals surface area contributed by atoms with Crippen LogP contribution in [0.1, 0.15) is 12.8 Å². The number of carbonyl (C=O) groups is 3. The number of piperidine rings is 1. The Bertz CT molecular complexity index is 562. The number of anilines is 1. The second kappa shape index (κ2) is 6.02. The van der Waals surface area contributed by atoms with Crippen molar-refractivity contribution in [2.75, 3.05) is 11.9 Å². The summed E-state index contributed by atoms with van der Waals surface area (Å²) >= 11 is 5.80. The number of rotatable bonds is 3. The highest BCUT2D eigenvalue weighted by Crippen LogP contribution is 2.15. The van der Waals surface area contributed by atoms with Gasteiger partial charge in [0.2, 0.25) is 17.7 Å². The maximum atomic E-state index is 11.8. The molecule has 0 spiro atoms. The molecule has 1 aromatic rings. The van der Waals surface area contributed by atoms with E-state index >= 15 is 0 Å². The molecule has 0 bridgehead atoms. The Morgan fingerprint density at radius 1 is 1.45 bits per heavy atom. The lowest BCUT2D eigenvalue weighted by atomic mass is 10.1. The summed E-state index contributed by atoms with van der Waals surface area (Å²) < 4.78 is 0. The average Bonchev–Trinajstić information content (AvgIpc) is 2.39. The van der Waals surface area contributed by atoms with Gasteiger partial charge < -0.3 is 11.1 Å². The zero-order valence-corrected chi connectivity index (χ0v) is 11.4. The van der Waals surface area contributed by atoms with Crippen LogP contribution >= 0.6 is 11.6 Å². The molecule has 0 radical (unpaired) electrons. The SMILES string of the molecule is NC1CCC(=O)N(CC(=O)Nc2cccc(Cl)c2)C1=O.